The number of para-hydroxylation sites is 1. The van der Waals surface area contributed by atoms with E-state index in [1.165, 1.54) is 11.3 Å². The van der Waals surface area contributed by atoms with Crippen LogP contribution in [0.3, 0.4) is 0 Å². The molecule has 0 heterocycles. The molecule has 1 aromatic rings. The van der Waals surface area contributed by atoms with Crippen LogP contribution in [0.25, 0.3) is 0 Å². The monoisotopic (exact) mass is 273 g/mol. The minimum absolute atomic E-state index is 0.403. The SMILES string of the molecule is CCNC(C)(C#N)CCCN(CC)c1ccccc1C. The predicted octanol–water partition coefficient (Wildman–Crippen LogP) is 3.49. The molecular weight excluding hydrogens is 246 g/mol. The normalized spacial score (nSPS) is 13.6. The fourth-order valence-electron chi connectivity index (χ4n) is 2.56. The number of hydrogen-bond acceptors (Lipinski definition) is 3. The summed E-state index contributed by atoms with van der Waals surface area (Å²) in [7, 11) is 0. The van der Waals surface area contributed by atoms with Crippen molar-refractivity contribution in [2.45, 2.75) is 46.1 Å². The fraction of sp³-hybridized carbons (Fsp3) is 0.588. The first-order valence-electron chi connectivity index (χ1n) is 7.53. The van der Waals surface area contributed by atoms with Crippen LogP contribution in [0.5, 0.6) is 0 Å². The van der Waals surface area contributed by atoms with Gasteiger partial charge in [0.25, 0.3) is 0 Å². The van der Waals surface area contributed by atoms with E-state index in [4.69, 9.17) is 0 Å². The van der Waals surface area contributed by atoms with E-state index >= 15 is 0 Å². The number of rotatable bonds is 8. The van der Waals surface area contributed by atoms with Gasteiger partial charge in [0.05, 0.1) is 6.07 Å². The molecule has 0 spiro atoms. The topological polar surface area (TPSA) is 39.1 Å². The highest BCUT2D eigenvalue weighted by Gasteiger charge is 2.21. The van der Waals surface area contributed by atoms with E-state index in [9.17, 15) is 5.26 Å². The smallest absolute Gasteiger partial charge is 0.103 e. The van der Waals surface area contributed by atoms with Crippen LogP contribution in [0.1, 0.15) is 39.2 Å². The maximum atomic E-state index is 9.27. The quantitative estimate of drug-likeness (QED) is 0.788. The van der Waals surface area contributed by atoms with Gasteiger partial charge >= 0.3 is 0 Å². The molecule has 0 aromatic heterocycles. The van der Waals surface area contributed by atoms with Crippen molar-refractivity contribution in [2.24, 2.45) is 0 Å². The van der Waals surface area contributed by atoms with Crippen LogP contribution < -0.4 is 10.2 Å². The third-order valence-electron chi connectivity index (χ3n) is 3.76. The first-order chi connectivity index (χ1) is 9.56. The van der Waals surface area contributed by atoms with E-state index in [0.29, 0.717) is 0 Å². The summed E-state index contributed by atoms with van der Waals surface area (Å²) in [6.07, 6.45) is 1.89. The van der Waals surface area contributed by atoms with Crippen LogP contribution in [-0.4, -0.2) is 25.2 Å². The molecule has 110 valence electrons. The van der Waals surface area contributed by atoms with Crippen LogP contribution in [0, 0.1) is 18.3 Å². The molecule has 1 aromatic carbocycles. The number of aryl methyl sites for hydroxylation is 1. The minimum atomic E-state index is -0.403. The Morgan fingerprint density at radius 1 is 1.30 bits per heavy atom. The molecule has 0 saturated heterocycles. The zero-order valence-corrected chi connectivity index (χ0v) is 13.2. The van der Waals surface area contributed by atoms with E-state index in [1.54, 1.807) is 0 Å². The van der Waals surface area contributed by atoms with Crippen LogP contribution in [0.2, 0.25) is 0 Å². The zero-order chi connectivity index (χ0) is 15.0. The first kappa shape index (κ1) is 16.5. The third-order valence-corrected chi connectivity index (χ3v) is 3.76. The predicted molar refractivity (Wildman–Crippen MR) is 86.0 cm³/mol. The average molecular weight is 273 g/mol. The van der Waals surface area contributed by atoms with E-state index in [2.05, 4.69) is 54.4 Å². The average Bonchev–Trinajstić information content (AvgIpc) is 2.45. The summed E-state index contributed by atoms with van der Waals surface area (Å²) in [5.74, 6) is 0. The summed E-state index contributed by atoms with van der Waals surface area (Å²) in [5, 5.41) is 12.5. The lowest BCUT2D eigenvalue weighted by molar-refractivity contribution is 0.417. The van der Waals surface area contributed by atoms with Gasteiger partial charge in [-0.25, -0.2) is 0 Å². The number of nitriles is 1. The molecule has 20 heavy (non-hydrogen) atoms. The summed E-state index contributed by atoms with van der Waals surface area (Å²) in [6.45, 7) is 11.2. The molecule has 1 unspecified atom stereocenters. The van der Waals surface area contributed by atoms with Gasteiger partial charge in [-0.05, 0) is 51.8 Å². The number of anilines is 1. The lowest BCUT2D eigenvalue weighted by Gasteiger charge is -2.27. The molecule has 1 atom stereocenters. The van der Waals surface area contributed by atoms with Gasteiger partial charge in [0.15, 0.2) is 0 Å². The Morgan fingerprint density at radius 2 is 2.00 bits per heavy atom. The molecule has 0 aliphatic rings. The van der Waals surface area contributed by atoms with Crippen LogP contribution in [0.4, 0.5) is 5.69 Å². The molecule has 0 saturated carbocycles. The standard InChI is InChI=1S/C17H27N3/c1-5-19-17(4,14-18)12-9-13-20(6-2)16-11-8-7-10-15(16)3/h7-8,10-11,19H,5-6,9,12-13H2,1-4H3. The van der Waals surface area contributed by atoms with Crippen LogP contribution >= 0.6 is 0 Å². The Kier molecular flexibility index (Phi) is 6.54. The van der Waals surface area contributed by atoms with Gasteiger partial charge in [-0.1, -0.05) is 25.1 Å². The van der Waals surface area contributed by atoms with Crippen molar-refractivity contribution in [2.75, 3.05) is 24.5 Å². The van der Waals surface area contributed by atoms with Gasteiger partial charge in [-0.15, -0.1) is 0 Å². The summed E-state index contributed by atoms with van der Waals surface area (Å²) >= 11 is 0. The van der Waals surface area contributed by atoms with Crippen molar-refractivity contribution >= 4 is 5.69 Å². The number of nitrogens with one attached hydrogen (secondary N) is 1. The second-order valence-corrected chi connectivity index (χ2v) is 5.44. The molecule has 0 bridgehead atoms. The second-order valence-electron chi connectivity index (χ2n) is 5.44. The minimum Gasteiger partial charge on any atom is -0.372 e. The first-order valence-corrected chi connectivity index (χ1v) is 7.53. The van der Waals surface area contributed by atoms with Crippen molar-refractivity contribution in [3.63, 3.8) is 0 Å². The maximum Gasteiger partial charge on any atom is 0.103 e. The third kappa shape index (κ3) is 4.54. The highest BCUT2D eigenvalue weighted by molar-refractivity contribution is 5.52. The maximum absolute atomic E-state index is 9.27. The van der Waals surface area contributed by atoms with E-state index in [1.807, 2.05) is 13.8 Å². The van der Waals surface area contributed by atoms with E-state index in [-0.39, 0.29) is 0 Å². The summed E-state index contributed by atoms with van der Waals surface area (Å²) in [6, 6.07) is 10.9. The molecule has 1 N–H and O–H groups in total. The molecule has 0 aliphatic carbocycles. The van der Waals surface area contributed by atoms with Crippen molar-refractivity contribution in [3.05, 3.63) is 29.8 Å². The van der Waals surface area contributed by atoms with Gasteiger partial charge in [-0.2, -0.15) is 5.26 Å². The highest BCUT2D eigenvalue weighted by Crippen LogP contribution is 2.20. The molecule has 0 amide bonds. The molecular formula is C17H27N3. The Hall–Kier alpha value is -1.53. The number of benzene rings is 1. The van der Waals surface area contributed by atoms with Crippen LogP contribution in [-0.2, 0) is 0 Å². The Bertz CT molecular complexity index is 450. The van der Waals surface area contributed by atoms with Crippen LogP contribution in [0.15, 0.2) is 24.3 Å². The van der Waals surface area contributed by atoms with Crippen molar-refractivity contribution in [1.82, 2.24) is 5.32 Å². The lowest BCUT2D eigenvalue weighted by Crippen LogP contribution is -2.41. The molecule has 3 nitrogen and oxygen atoms in total. The fourth-order valence-corrected chi connectivity index (χ4v) is 2.56. The molecule has 0 aliphatic heterocycles. The van der Waals surface area contributed by atoms with Gasteiger partial charge < -0.3 is 4.90 Å². The highest BCUT2D eigenvalue weighted by atomic mass is 15.1. The van der Waals surface area contributed by atoms with Crippen molar-refractivity contribution < 1.29 is 0 Å². The second kappa shape index (κ2) is 7.91. The van der Waals surface area contributed by atoms with Crippen molar-refractivity contribution in [1.29, 1.82) is 5.26 Å². The Morgan fingerprint density at radius 3 is 2.55 bits per heavy atom. The molecule has 0 radical (unpaired) electrons. The largest absolute Gasteiger partial charge is 0.372 e. The summed E-state index contributed by atoms with van der Waals surface area (Å²) in [4.78, 5) is 2.39. The van der Waals surface area contributed by atoms with Gasteiger partial charge in [-0.3, -0.25) is 5.32 Å². The number of hydrogen-bond donors (Lipinski definition) is 1. The van der Waals surface area contributed by atoms with E-state index in [0.717, 1.165) is 32.5 Å². The summed E-state index contributed by atoms with van der Waals surface area (Å²) in [5.41, 5.74) is 2.21. The van der Waals surface area contributed by atoms with Crippen molar-refractivity contribution in [3.8, 4) is 6.07 Å². The Balaban J connectivity index is 2.59. The number of nitrogens with zero attached hydrogens (tertiary/aromatic N) is 2. The lowest BCUT2D eigenvalue weighted by atomic mass is 9.97. The Labute approximate surface area is 123 Å². The van der Waals surface area contributed by atoms with Gasteiger partial charge in [0.2, 0.25) is 0 Å². The zero-order valence-electron chi connectivity index (χ0n) is 13.2. The molecule has 0 fully saturated rings. The molecule has 3 heteroatoms. The van der Waals surface area contributed by atoms with E-state index < -0.39 is 5.54 Å². The van der Waals surface area contributed by atoms with Gasteiger partial charge in [0, 0.05) is 18.8 Å². The molecule has 1 rings (SSSR count). The summed E-state index contributed by atoms with van der Waals surface area (Å²) < 4.78 is 0. The van der Waals surface area contributed by atoms with Gasteiger partial charge in [0.1, 0.15) is 5.54 Å².